The number of carbonyl (C=O) groups is 1. The molecule has 120 valence electrons. The molecule has 0 aliphatic carbocycles. The molecule has 1 amide bonds. The van der Waals surface area contributed by atoms with Crippen LogP contribution in [0.15, 0.2) is 53.5 Å². The normalized spacial score (nSPS) is 21.2. The van der Waals surface area contributed by atoms with E-state index in [0.29, 0.717) is 18.7 Å². The van der Waals surface area contributed by atoms with E-state index in [1.165, 1.54) is 10.6 Å². The average Bonchev–Trinajstić information content (AvgIpc) is 2.54. The second kappa shape index (κ2) is 6.38. The molecule has 1 saturated heterocycles. The summed E-state index contributed by atoms with van der Waals surface area (Å²) >= 11 is 0. The highest BCUT2D eigenvalue weighted by atomic mass is 16.5. The van der Waals surface area contributed by atoms with E-state index in [-0.39, 0.29) is 23.7 Å². The van der Waals surface area contributed by atoms with Gasteiger partial charge in [-0.1, -0.05) is 18.2 Å². The van der Waals surface area contributed by atoms with Crippen molar-refractivity contribution in [2.24, 2.45) is 0 Å². The van der Waals surface area contributed by atoms with E-state index in [9.17, 15) is 9.59 Å². The number of hydrogen-bond donors (Lipinski definition) is 0. The minimum Gasteiger partial charge on any atom is -0.372 e. The Labute approximate surface area is 135 Å². The Bertz CT molecular complexity index is 744. The summed E-state index contributed by atoms with van der Waals surface area (Å²) in [6, 6.07) is 12.3. The maximum atomic E-state index is 12.7. The zero-order chi connectivity index (χ0) is 16.4. The molecule has 1 aromatic heterocycles. The highest BCUT2D eigenvalue weighted by Gasteiger charge is 2.26. The third-order valence-electron chi connectivity index (χ3n) is 3.90. The molecule has 1 aliphatic heterocycles. The minimum atomic E-state index is -0.156. The van der Waals surface area contributed by atoms with E-state index < -0.39 is 0 Å². The van der Waals surface area contributed by atoms with E-state index in [1.807, 2.05) is 44.2 Å². The van der Waals surface area contributed by atoms with Crippen LogP contribution in [0.2, 0.25) is 0 Å². The number of aromatic nitrogens is 1. The summed E-state index contributed by atoms with van der Waals surface area (Å²) in [5, 5.41) is 0. The Morgan fingerprint density at radius 1 is 1.04 bits per heavy atom. The highest BCUT2D eigenvalue weighted by molar-refractivity contribution is 5.94. The van der Waals surface area contributed by atoms with Gasteiger partial charge in [-0.3, -0.25) is 14.2 Å². The van der Waals surface area contributed by atoms with Crippen molar-refractivity contribution in [2.75, 3.05) is 13.1 Å². The predicted octanol–water partition coefficient (Wildman–Crippen LogP) is 2.09. The SMILES string of the molecule is C[C@@H]1CN(C(=O)c2ccc(=O)n(-c3ccccc3)c2)C[C@@H](C)O1. The molecule has 5 nitrogen and oxygen atoms in total. The highest BCUT2D eigenvalue weighted by Crippen LogP contribution is 2.14. The van der Waals surface area contributed by atoms with Gasteiger partial charge in [0, 0.05) is 31.0 Å². The second-order valence-corrected chi connectivity index (χ2v) is 5.93. The van der Waals surface area contributed by atoms with Crippen LogP contribution < -0.4 is 5.56 Å². The lowest BCUT2D eigenvalue weighted by molar-refractivity contribution is -0.0586. The third kappa shape index (κ3) is 3.35. The number of rotatable bonds is 2. The number of nitrogens with zero attached hydrogens (tertiary/aromatic N) is 2. The van der Waals surface area contributed by atoms with Crippen LogP contribution in [0.4, 0.5) is 0 Å². The van der Waals surface area contributed by atoms with Gasteiger partial charge < -0.3 is 9.64 Å². The van der Waals surface area contributed by atoms with Gasteiger partial charge in [-0.15, -0.1) is 0 Å². The van der Waals surface area contributed by atoms with Crippen molar-refractivity contribution in [2.45, 2.75) is 26.1 Å². The fourth-order valence-corrected chi connectivity index (χ4v) is 2.93. The summed E-state index contributed by atoms with van der Waals surface area (Å²) in [6.45, 7) is 5.04. The summed E-state index contributed by atoms with van der Waals surface area (Å²) in [5.74, 6) is -0.0725. The quantitative estimate of drug-likeness (QED) is 0.853. The summed E-state index contributed by atoms with van der Waals surface area (Å²) in [4.78, 5) is 26.6. The number of ether oxygens (including phenoxy) is 1. The molecule has 0 unspecified atom stereocenters. The predicted molar refractivity (Wildman–Crippen MR) is 88.0 cm³/mol. The van der Waals surface area contributed by atoms with Crippen LogP contribution in [0.25, 0.3) is 5.69 Å². The van der Waals surface area contributed by atoms with E-state index in [1.54, 1.807) is 17.2 Å². The zero-order valence-electron chi connectivity index (χ0n) is 13.3. The van der Waals surface area contributed by atoms with E-state index >= 15 is 0 Å². The lowest BCUT2D eigenvalue weighted by Gasteiger charge is -2.35. The summed E-state index contributed by atoms with van der Waals surface area (Å²) in [6.07, 6.45) is 1.65. The van der Waals surface area contributed by atoms with Crippen molar-refractivity contribution in [3.63, 3.8) is 0 Å². The zero-order valence-corrected chi connectivity index (χ0v) is 13.3. The standard InChI is InChI=1S/C18H20N2O3/c1-13-10-19(11-14(2)23-13)18(22)15-8-9-17(21)20(12-15)16-6-4-3-5-7-16/h3-9,12-14H,10-11H2,1-2H3/t13-,14-/m1/s1. The molecule has 5 heteroatoms. The van der Waals surface area contributed by atoms with Crippen molar-refractivity contribution in [1.82, 2.24) is 9.47 Å². The Kier molecular flexibility index (Phi) is 4.30. The van der Waals surface area contributed by atoms with Crippen LogP contribution in [0.3, 0.4) is 0 Å². The van der Waals surface area contributed by atoms with Crippen molar-refractivity contribution >= 4 is 5.91 Å². The topological polar surface area (TPSA) is 51.5 Å². The number of carbonyl (C=O) groups excluding carboxylic acids is 1. The van der Waals surface area contributed by atoms with Crippen molar-refractivity contribution < 1.29 is 9.53 Å². The van der Waals surface area contributed by atoms with Crippen LogP contribution in [0.5, 0.6) is 0 Å². The van der Waals surface area contributed by atoms with Crippen LogP contribution in [-0.4, -0.2) is 40.7 Å². The molecule has 2 heterocycles. The number of hydrogen-bond acceptors (Lipinski definition) is 3. The second-order valence-electron chi connectivity index (χ2n) is 5.93. The Morgan fingerprint density at radius 3 is 2.35 bits per heavy atom. The third-order valence-corrected chi connectivity index (χ3v) is 3.90. The summed E-state index contributed by atoms with van der Waals surface area (Å²) in [5.41, 5.74) is 1.10. The maximum absolute atomic E-state index is 12.7. The van der Waals surface area contributed by atoms with E-state index in [0.717, 1.165) is 5.69 Å². The lowest BCUT2D eigenvalue weighted by Crippen LogP contribution is -2.48. The number of para-hydroxylation sites is 1. The summed E-state index contributed by atoms with van der Waals surface area (Å²) < 4.78 is 7.17. The molecule has 1 aromatic carbocycles. The van der Waals surface area contributed by atoms with E-state index in [4.69, 9.17) is 4.74 Å². The maximum Gasteiger partial charge on any atom is 0.255 e. The minimum absolute atomic E-state index is 0.0164. The van der Waals surface area contributed by atoms with Gasteiger partial charge in [0.05, 0.1) is 17.8 Å². The van der Waals surface area contributed by atoms with Gasteiger partial charge in [-0.25, -0.2) is 0 Å². The van der Waals surface area contributed by atoms with Gasteiger partial charge in [0.25, 0.3) is 11.5 Å². The Morgan fingerprint density at radius 2 is 1.70 bits per heavy atom. The first kappa shape index (κ1) is 15.5. The van der Waals surface area contributed by atoms with Crippen molar-refractivity contribution in [1.29, 1.82) is 0 Å². The molecule has 1 fully saturated rings. The van der Waals surface area contributed by atoms with Crippen LogP contribution >= 0.6 is 0 Å². The molecule has 0 spiro atoms. The Balaban J connectivity index is 1.92. The molecule has 3 rings (SSSR count). The van der Waals surface area contributed by atoms with Crippen LogP contribution in [-0.2, 0) is 4.74 Å². The van der Waals surface area contributed by atoms with Gasteiger partial charge in [-0.2, -0.15) is 0 Å². The molecule has 23 heavy (non-hydrogen) atoms. The first-order valence-electron chi connectivity index (χ1n) is 7.77. The molecule has 1 aliphatic rings. The van der Waals surface area contributed by atoms with Crippen molar-refractivity contribution in [3.05, 3.63) is 64.6 Å². The van der Waals surface area contributed by atoms with Crippen LogP contribution in [0, 0.1) is 0 Å². The molecule has 0 bridgehead atoms. The molecule has 2 atom stereocenters. The average molecular weight is 312 g/mol. The fraction of sp³-hybridized carbons (Fsp3) is 0.333. The van der Waals surface area contributed by atoms with Gasteiger partial charge >= 0.3 is 0 Å². The summed E-state index contributed by atoms with van der Waals surface area (Å²) in [7, 11) is 0. The smallest absolute Gasteiger partial charge is 0.255 e. The monoisotopic (exact) mass is 312 g/mol. The van der Waals surface area contributed by atoms with Gasteiger partial charge in [0.1, 0.15) is 0 Å². The first-order valence-corrected chi connectivity index (χ1v) is 7.77. The van der Waals surface area contributed by atoms with Crippen LogP contribution in [0.1, 0.15) is 24.2 Å². The molecule has 2 aromatic rings. The lowest BCUT2D eigenvalue weighted by atomic mass is 10.2. The van der Waals surface area contributed by atoms with Gasteiger partial charge in [0.2, 0.25) is 0 Å². The molecule has 0 radical (unpaired) electrons. The largest absolute Gasteiger partial charge is 0.372 e. The first-order chi connectivity index (χ1) is 11.0. The number of benzene rings is 1. The fourth-order valence-electron chi connectivity index (χ4n) is 2.93. The van der Waals surface area contributed by atoms with Gasteiger partial charge in [0.15, 0.2) is 0 Å². The Hall–Kier alpha value is -2.40. The molecule has 0 saturated carbocycles. The number of pyridine rings is 1. The van der Waals surface area contributed by atoms with E-state index in [2.05, 4.69) is 0 Å². The number of amides is 1. The van der Waals surface area contributed by atoms with Gasteiger partial charge in [-0.05, 0) is 32.0 Å². The molecular formula is C18H20N2O3. The number of morpholine rings is 1. The molecule has 0 N–H and O–H groups in total. The van der Waals surface area contributed by atoms with Crippen molar-refractivity contribution in [3.8, 4) is 5.69 Å². The molecular weight excluding hydrogens is 292 g/mol.